The monoisotopic (exact) mass is 415 g/mol. The molecule has 2 aromatic carbocycles. The number of rotatable bonds is 9. The average Bonchev–Trinajstić information content (AvgIpc) is 3.24. The van der Waals surface area contributed by atoms with Gasteiger partial charge in [-0.15, -0.1) is 0 Å². The predicted octanol–water partition coefficient (Wildman–Crippen LogP) is 1.76. The van der Waals surface area contributed by atoms with Gasteiger partial charge in [0.1, 0.15) is 17.5 Å². The van der Waals surface area contributed by atoms with Crippen molar-refractivity contribution in [3.63, 3.8) is 0 Å². The number of carbonyl (C=O) groups excluding carboxylic acids is 1. The van der Waals surface area contributed by atoms with E-state index >= 15 is 0 Å². The number of carbonyl (C=O) groups is 1. The smallest absolute Gasteiger partial charge is 0.275 e. The normalized spacial score (nSPS) is 18.0. The summed E-state index contributed by atoms with van der Waals surface area (Å²) in [4.78, 5) is 13.9. The van der Waals surface area contributed by atoms with E-state index in [9.17, 15) is 4.79 Å². The van der Waals surface area contributed by atoms with Crippen LogP contribution in [-0.2, 0) is 11.3 Å². The maximum Gasteiger partial charge on any atom is 0.275 e. The van der Waals surface area contributed by atoms with Crippen molar-refractivity contribution < 1.29 is 28.6 Å². The molecule has 0 aliphatic carbocycles. The third-order valence-electron chi connectivity index (χ3n) is 5.62. The molecule has 1 unspecified atom stereocenters. The molecule has 1 aliphatic rings. The van der Waals surface area contributed by atoms with Crippen LogP contribution in [0.15, 0.2) is 36.4 Å². The molecule has 0 bridgehead atoms. The molecule has 2 N–H and O–H groups in total. The fourth-order valence-electron chi connectivity index (χ4n) is 4.06. The Labute approximate surface area is 177 Å². The minimum atomic E-state index is 0.0270. The van der Waals surface area contributed by atoms with Gasteiger partial charge in [-0.2, -0.15) is 0 Å². The van der Waals surface area contributed by atoms with Gasteiger partial charge in [0.05, 0.1) is 40.5 Å². The second-order valence-electron chi connectivity index (χ2n) is 7.35. The Hall–Kier alpha value is -2.93. The Kier molecular flexibility index (Phi) is 7.41. The SMILES string of the molecule is COc1ccc([C@@H]2CCC[NH+]2CC(=O)NCc2ccc(OC)c(OC)c2)c(OC)c1. The van der Waals surface area contributed by atoms with Crippen molar-refractivity contribution in [2.45, 2.75) is 25.4 Å². The summed E-state index contributed by atoms with van der Waals surface area (Å²) < 4.78 is 21.5. The van der Waals surface area contributed by atoms with Crippen molar-refractivity contribution >= 4 is 5.91 Å². The number of hydrogen-bond donors (Lipinski definition) is 2. The van der Waals surface area contributed by atoms with E-state index in [1.807, 2.05) is 30.3 Å². The van der Waals surface area contributed by atoms with Gasteiger partial charge in [-0.05, 0) is 29.8 Å². The largest absolute Gasteiger partial charge is 0.497 e. The van der Waals surface area contributed by atoms with E-state index in [1.54, 1.807) is 28.4 Å². The number of benzene rings is 2. The zero-order valence-electron chi connectivity index (χ0n) is 18.1. The number of methoxy groups -OCH3 is 4. The van der Waals surface area contributed by atoms with E-state index in [4.69, 9.17) is 18.9 Å². The van der Waals surface area contributed by atoms with Crippen molar-refractivity contribution in [3.8, 4) is 23.0 Å². The number of nitrogens with one attached hydrogen (secondary N) is 2. The summed E-state index contributed by atoms with van der Waals surface area (Å²) in [5.74, 6) is 2.93. The molecule has 1 heterocycles. The number of quaternary nitrogens is 1. The van der Waals surface area contributed by atoms with E-state index in [2.05, 4.69) is 11.4 Å². The lowest BCUT2D eigenvalue weighted by Crippen LogP contribution is -3.11. The van der Waals surface area contributed by atoms with Gasteiger partial charge in [-0.1, -0.05) is 6.07 Å². The van der Waals surface area contributed by atoms with Crippen LogP contribution in [0.3, 0.4) is 0 Å². The topological polar surface area (TPSA) is 70.5 Å². The lowest BCUT2D eigenvalue weighted by molar-refractivity contribution is -0.910. The Morgan fingerprint density at radius 2 is 1.73 bits per heavy atom. The maximum absolute atomic E-state index is 12.6. The summed E-state index contributed by atoms with van der Waals surface area (Å²) in [6, 6.07) is 11.8. The van der Waals surface area contributed by atoms with E-state index in [0.29, 0.717) is 24.6 Å². The average molecular weight is 416 g/mol. The van der Waals surface area contributed by atoms with E-state index in [1.165, 1.54) is 4.90 Å². The van der Waals surface area contributed by atoms with Crippen LogP contribution < -0.4 is 29.2 Å². The molecular formula is C23H31N2O5+. The fraction of sp³-hybridized carbons (Fsp3) is 0.435. The molecule has 0 spiro atoms. The highest BCUT2D eigenvalue weighted by molar-refractivity contribution is 5.76. The van der Waals surface area contributed by atoms with E-state index in [-0.39, 0.29) is 11.9 Å². The summed E-state index contributed by atoms with van der Waals surface area (Å²) >= 11 is 0. The molecule has 7 nitrogen and oxygen atoms in total. The van der Waals surface area contributed by atoms with Gasteiger partial charge < -0.3 is 29.2 Å². The molecule has 1 aliphatic heterocycles. The van der Waals surface area contributed by atoms with Crippen LogP contribution in [-0.4, -0.2) is 47.4 Å². The van der Waals surface area contributed by atoms with Crippen LogP contribution in [0.1, 0.15) is 30.0 Å². The molecule has 7 heteroatoms. The first kappa shape index (κ1) is 21.8. The molecule has 30 heavy (non-hydrogen) atoms. The summed E-state index contributed by atoms with van der Waals surface area (Å²) in [7, 11) is 6.52. The lowest BCUT2D eigenvalue weighted by atomic mass is 10.0. The minimum absolute atomic E-state index is 0.0270. The van der Waals surface area contributed by atoms with Crippen LogP contribution in [0.25, 0.3) is 0 Å². The summed E-state index contributed by atoms with van der Waals surface area (Å²) in [6.45, 7) is 1.83. The van der Waals surface area contributed by atoms with Crippen LogP contribution in [0.2, 0.25) is 0 Å². The van der Waals surface area contributed by atoms with Crippen molar-refractivity contribution in [3.05, 3.63) is 47.5 Å². The number of ether oxygens (including phenoxy) is 4. The highest BCUT2D eigenvalue weighted by Gasteiger charge is 2.33. The minimum Gasteiger partial charge on any atom is -0.497 e. The zero-order valence-corrected chi connectivity index (χ0v) is 18.1. The van der Waals surface area contributed by atoms with Crippen molar-refractivity contribution in [2.75, 3.05) is 41.5 Å². The molecule has 0 saturated carbocycles. The van der Waals surface area contributed by atoms with Gasteiger partial charge in [-0.3, -0.25) is 4.79 Å². The maximum atomic E-state index is 12.6. The Balaban J connectivity index is 1.62. The van der Waals surface area contributed by atoms with Gasteiger partial charge in [0.2, 0.25) is 0 Å². The number of amides is 1. The summed E-state index contributed by atoms with van der Waals surface area (Å²) in [6.07, 6.45) is 2.11. The Morgan fingerprint density at radius 3 is 2.43 bits per heavy atom. The Morgan fingerprint density at radius 1 is 0.967 bits per heavy atom. The summed E-state index contributed by atoms with van der Waals surface area (Å²) in [5.41, 5.74) is 2.09. The highest BCUT2D eigenvalue weighted by Crippen LogP contribution is 2.31. The molecule has 1 saturated heterocycles. The quantitative estimate of drug-likeness (QED) is 0.653. The molecule has 0 aromatic heterocycles. The highest BCUT2D eigenvalue weighted by atomic mass is 16.5. The second kappa shape index (κ2) is 10.2. The van der Waals surface area contributed by atoms with Gasteiger partial charge >= 0.3 is 0 Å². The third-order valence-corrected chi connectivity index (χ3v) is 5.62. The van der Waals surface area contributed by atoms with Gasteiger partial charge in [0.15, 0.2) is 18.0 Å². The van der Waals surface area contributed by atoms with E-state index in [0.717, 1.165) is 42.0 Å². The van der Waals surface area contributed by atoms with Crippen LogP contribution in [0, 0.1) is 0 Å². The number of hydrogen-bond acceptors (Lipinski definition) is 5. The second-order valence-corrected chi connectivity index (χ2v) is 7.35. The summed E-state index contributed by atoms with van der Waals surface area (Å²) in [5, 5.41) is 3.03. The van der Waals surface area contributed by atoms with Crippen LogP contribution >= 0.6 is 0 Å². The van der Waals surface area contributed by atoms with E-state index < -0.39 is 0 Å². The number of likely N-dealkylation sites (tertiary alicyclic amines) is 1. The van der Waals surface area contributed by atoms with Gasteiger partial charge in [0, 0.05) is 25.5 Å². The lowest BCUT2D eigenvalue weighted by Gasteiger charge is -2.23. The molecule has 162 valence electrons. The molecule has 1 amide bonds. The first-order valence-electron chi connectivity index (χ1n) is 10.1. The van der Waals surface area contributed by atoms with Gasteiger partial charge in [0.25, 0.3) is 5.91 Å². The van der Waals surface area contributed by atoms with Crippen molar-refractivity contribution in [2.24, 2.45) is 0 Å². The first-order chi connectivity index (χ1) is 14.6. The zero-order chi connectivity index (χ0) is 21.5. The van der Waals surface area contributed by atoms with Crippen LogP contribution in [0.5, 0.6) is 23.0 Å². The molecule has 2 atom stereocenters. The first-order valence-corrected chi connectivity index (χ1v) is 10.1. The molecule has 2 aromatic rings. The third kappa shape index (κ3) is 4.97. The predicted molar refractivity (Wildman–Crippen MR) is 114 cm³/mol. The molecule has 3 rings (SSSR count). The molecule has 1 fully saturated rings. The molecular weight excluding hydrogens is 384 g/mol. The van der Waals surface area contributed by atoms with Crippen molar-refractivity contribution in [1.29, 1.82) is 0 Å². The molecule has 0 radical (unpaired) electrons. The van der Waals surface area contributed by atoms with Crippen LogP contribution in [0.4, 0.5) is 0 Å². The van der Waals surface area contributed by atoms with Crippen molar-refractivity contribution in [1.82, 2.24) is 5.32 Å². The standard InChI is InChI=1S/C23H30N2O5/c1-27-17-8-9-18(21(13-17)29-3)19-6-5-11-25(19)15-23(26)24-14-16-7-10-20(28-2)22(12-16)30-4/h7-10,12-13,19H,5-6,11,14-15H2,1-4H3,(H,24,26)/p+1/t19-/m0/s1. The Bertz CT molecular complexity index is 871. The van der Waals surface area contributed by atoms with Gasteiger partial charge in [-0.25, -0.2) is 0 Å². The fourth-order valence-corrected chi connectivity index (χ4v) is 4.06.